The van der Waals surface area contributed by atoms with Crippen molar-refractivity contribution in [1.82, 2.24) is 4.98 Å². The number of oxazole rings is 1. The van der Waals surface area contributed by atoms with E-state index < -0.39 is 11.6 Å². The molecule has 0 saturated carbocycles. The molecule has 0 spiro atoms. The molecule has 0 amide bonds. The minimum Gasteiger partial charge on any atom is -0.440 e. The Morgan fingerprint density at radius 1 is 1.41 bits per heavy atom. The number of aryl methyl sites for hydroxylation is 1. The maximum Gasteiger partial charge on any atom is 0.256 e. The molecule has 2 rings (SSSR count). The lowest BCUT2D eigenvalue weighted by molar-refractivity contribution is 0.453. The van der Waals surface area contributed by atoms with Crippen LogP contribution in [0.3, 0.4) is 0 Å². The molecule has 1 aromatic carbocycles. The zero-order valence-corrected chi connectivity index (χ0v) is 11.2. The molecule has 1 aromatic heterocycles. The summed E-state index contributed by atoms with van der Waals surface area (Å²) in [6.07, 6.45) is 1.50. The van der Waals surface area contributed by atoms with E-state index in [-0.39, 0.29) is 15.8 Å². The van der Waals surface area contributed by atoms with Gasteiger partial charge in [-0.1, -0.05) is 11.8 Å². The number of benzene rings is 1. The fourth-order valence-corrected chi connectivity index (χ4v) is 2.46. The Hall–Kier alpha value is -0.880. The van der Waals surface area contributed by atoms with Gasteiger partial charge in [-0.2, -0.15) is 0 Å². The third-order valence-corrected chi connectivity index (χ3v) is 3.56. The van der Waals surface area contributed by atoms with Crippen LogP contribution in [0.5, 0.6) is 0 Å². The van der Waals surface area contributed by atoms with E-state index in [2.05, 4.69) is 20.9 Å². The third kappa shape index (κ3) is 2.87. The summed E-state index contributed by atoms with van der Waals surface area (Å²) in [4.78, 5) is 4.05. The van der Waals surface area contributed by atoms with Crippen molar-refractivity contribution < 1.29 is 13.2 Å². The molecule has 0 N–H and O–H groups in total. The first-order chi connectivity index (χ1) is 8.08. The second-order valence-corrected chi connectivity index (χ2v) is 5.15. The molecule has 2 aromatic rings. The summed E-state index contributed by atoms with van der Waals surface area (Å²) < 4.78 is 32.4. The maximum absolute atomic E-state index is 13.6. The summed E-state index contributed by atoms with van der Waals surface area (Å²) in [6.45, 7) is 1.79. The molecular formula is C11H8BrF2NOS. The normalized spacial score (nSPS) is 10.8. The van der Waals surface area contributed by atoms with E-state index in [0.717, 1.165) is 17.5 Å². The molecule has 17 heavy (non-hydrogen) atoms. The van der Waals surface area contributed by atoms with Crippen molar-refractivity contribution in [3.63, 3.8) is 0 Å². The van der Waals surface area contributed by atoms with Crippen molar-refractivity contribution in [3.05, 3.63) is 45.8 Å². The van der Waals surface area contributed by atoms with Gasteiger partial charge in [0.1, 0.15) is 17.9 Å². The number of rotatable bonds is 3. The van der Waals surface area contributed by atoms with E-state index in [0.29, 0.717) is 5.22 Å². The van der Waals surface area contributed by atoms with E-state index in [4.69, 9.17) is 4.42 Å². The van der Waals surface area contributed by atoms with E-state index >= 15 is 0 Å². The Morgan fingerprint density at radius 3 is 2.82 bits per heavy atom. The molecule has 1 heterocycles. The summed E-state index contributed by atoms with van der Waals surface area (Å²) in [5, 5.41) is 0.404. The smallest absolute Gasteiger partial charge is 0.256 e. The second-order valence-electron chi connectivity index (χ2n) is 3.37. The van der Waals surface area contributed by atoms with Crippen LogP contribution in [0.2, 0.25) is 0 Å². The Labute approximate surface area is 110 Å². The standard InChI is InChI=1S/C11H8BrF2NOS/c1-6-4-16-11(15-6)17-5-7-9(13)3-2-8(12)10(7)14/h2-4H,5H2,1H3. The van der Waals surface area contributed by atoms with Gasteiger partial charge < -0.3 is 4.42 Å². The van der Waals surface area contributed by atoms with Gasteiger partial charge in [0.05, 0.1) is 10.2 Å². The Bertz CT molecular complexity index is 544. The molecule has 6 heteroatoms. The van der Waals surface area contributed by atoms with Gasteiger partial charge in [0.15, 0.2) is 0 Å². The van der Waals surface area contributed by atoms with Gasteiger partial charge in [-0.3, -0.25) is 0 Å². The fraction of sp³-hybridized carbons (Fsp3) is 0.182. The predicted octanol–water partition coefficient (Wildman–Crippen LogP) is 4.32. The topological polar surface area (TPSA) is 26.0 Å². The first-order valence-corrected chi connectivity index (χ1v) is 6.53. The SMILES string of the molecule is Cc1coc(SCc2c(F)ccc(Br)c2F)n1. The minimum absolute atomic E-state index is 0.0141. The van der Waals surface area contributed by atoms with Gasteiger partial charge in [-0.15, -0.1) is 0 Å². The van der Waals surface area contributed by atoms with Gasteiger partial charge in [-0.25, -0.2) is 13.8 Å². The van der Waals surface area contributed by atoms with Crippen molar-refractivity contribution in [2.24, 2.45) is 0 Å². The van der Waals surface area contributed by atoms with Crippen molar-refractivity contribution in [2.45, 2.75) is 17.9 Å². The molecule has 0 bridgehead atoms. The van der Waals surface area contributed by atoms with Crippen LogP contribution in [0.25, 0.3) is 0 Å². The highest BCUT2D eigenvalue weighted by molar-refractivity contribution is 9.10. The Balaban J connectivity index is 2.16. The molecule has 0 aliphatic rings. The molecule has 0 aliphatic heterocycles. The first-order valence-electron chi connectivity index (χ1n) is 4.75. The van der Waals surface area contributed by atoms with Gasteiger partial charge in [0.25, 0.3) is 5.22 Å². The zero-order chi connectivity index (χ0) is 12.4. The molecule has 90 valence electrons. The number of nitrogens with zero attached hydrogens (tertiary/aromatic N) is 1. The highest BCUT2D eigenvalue weighted by atomic mass is 79.9. The van der Waals surface area contributed by atoms with Crippen molar-refractivity contribution in [1.29, 1.82) is 0 Å². The summed E-state index contributed by atoms with van der Waals surface area (Å²) in [5.41, 5.74) is 0.753. The minimum atomic E-state index is -0.583. The van der Waals surface area contributed by atoms with Gasteiger partial charge in [0.2, 0.25) is 0 Å². The second kappa shape index (κ2) is 5.18. The van der Waals surface area contributed by atoms with Crippen molar-refractivity contribution >= 4 is 27.7 Å². The summed E-state index contributed by atoms with van der Waals surface area (Å²) in [7, 11) is 0. The summed E-state index contributed by atoms with van der Waals surface area (Å²) in [6, 6.07) is 2.57. The monoisotopic (exact) mass is 319 g/mol. The zero-order valence-electron chi connectivity index (χ0n) is 8.84. The maximum atomic E-state index is 13.6. The Kier molecular flexibility index (Phi) is 3.83. The fourth-order valence-electron chi connectivity index (χ4n) is 1.23. The van der Waals surface area contributed by atoms with E-state index in [9.17, 15) is 8.78 Å². The van der Waals surface area contributed by atoms with Crippen LogP contribution < -0.4 is 0 Å². The predicted molar refractivity (Wildman–Crippen MR) is 64.9 cm³/mol. The first kappa shape index (κ1) is 12.6. The molecule has 0 saturated heterocycles. The molecular weight excluding hydrogens is 312 g/mol. The molecule has 0 aliphatic carbocycles. The quantitative estimate of drug-likeness (QED) is 0.622. The van der Waals surface area contributed by atoms with E-state index in [1.54, 1.807) is 6.92 Å². The average molecular weight is 320 g/mol. The number of hydrogen-bond acceptors (Lipinski definition) is 3. The van der Waals surface area contributed by atoms with Crippen LogP contribution in [-0.4, -0.2) is 4.98 Å². The van der Waals surface area contributed by atoms with Crippen LogP contribution >= 0.6 is 27.7 Å². The van der Waals surface area contributed by atoms with Gasteiger partial charge in [0, 0.05) is 11.3 Å². The number of thioether (sulfide) groups is 1. The molecule has 0 atom stereocenters. The molecule has 0 radical (unpaired) electrons. The van der Waals surface area contributed by atoms with Crippen molar-refractivity contribution in [3.8, 4) is 0 Å². The van der Waals surface area contributed by atoms with E-state index in [1.165, 1.54) is 18.4 Å². The summed E-state index contributed by atoms with van der Waals surface area (Å²) in [5.74, 6) is -1.01. The van der Waals surface area contributed by atoms with Crippen LogP contribution in [0.15, 0.2) is 32.5 Å². The lowest BCUT2D eigenvalue weighted by Crippen LogP contribution is -1.94. The number of hydrogen-bond donors (Lipinski definition) is 0. The molecule has 0 fully saturated rings. The lowest BCUT2D eigenvalue weighted by atomic mass is 10.2. The molecule has 2 nitrogen and oxygen atoms in total. The molecule has 0 unspecified atom stereocenters. The highest BCUT2D eigenvalue weighted by Crippen LogP contribution is 2.28. The Morgan fingerprint density at radius 2 is 2.18 bits per heavy atom. The average Bonchev–Trinajstić information content (AvgIpc) is 2.70. The number of aromatic nitrogens is 1. The summed E-state index contributed by atoms with van der Waals surface area (Å²) >= 11 is 4.17. The van der Waals surface area contributed by atoms with Gasteiger partial charge >= 0.3 is 0 Å². The number of halogens is 3. The third-order valence-electron chi connectivity index (χ3n) is 2.08. The van der Waals surface area contributed by atoms with Crippen LogP contribution in [0, 0.1) is 18.6 Å². The van der Waals surface area contributed by atoms with Crippen LogP contribution in [0.4, 0.5) is 8.78 Å². The van der Waals surface area contributed by atoms with E-state index in [1.807, 2.05) is 0 Å². The highest BCUT2D eigenvalue weighted by Gasteiger charge is 2.13. The van der Waals surface area contributed by atoms with Crippen molar-refractivity contribution in [2.75, 3.05) is 0 Å². The largest absolute Gasteiger partial charge is 0.440 e. The van der Waals surface area contributed by atoms with Crippen LogP contribution in [-0.2, 0) is 5.75 Å². The van der Waals surface area contributed by atoms with Gasteiger partial charge in [-0.05, 0) is 35.0 Å². The van der Waals surface area contributed by atoms with Crippen LogP contribution in [0.1, 0.15) is 11.3 Å². The lowest BCUT2D eigenvalue weighted by Gasteiger charge is -2.04.